The Kier molecular flexibility index (Phi) is 7.89. The van der Waals surface area contributed by atoms with Crippen molar-refractivity contribution in [1.29, 1.82) is 0 Å². The zero-order valence-corrected chi connectivity index (χ0v) is 17.3. The summed E-state index contributed by atoms with van der Waals surface area (Å²) in [6.07, 6.45) is 5.85. The summed E-state index contributed by atoms with van der Waals surface area (Å²) in [4.78, 5) is 26.9. The Morgan fingerprint density at radius 2 is 1.72 bits per heavy atom. The highest BCUT2D eigenvalue weighted by Crippen LogP contribution is 2.32. The van der Waals surface area contributed by atoms with Gasteiger partial charge in [0.2, 0.25) is 0 Å². The minimum absolute atomic E-state index is 0.000836. The van der Waals surface area contributed by atoms with Gasteiger partial charge in [0, 0.05) is 25.4 Å². The quantitative estimate of drug-likeness (QED) is 0.707. The maximum Gasteiger partial charge on any atom is 0.260 e. The van der Waals surface area contributed by atoms with Crippen molar-refractivity contribution in [2.75, 3.05) is 44.8 Å². The van der Waals surface area contributed by atoms with Crippen molar-refractivity contribution in [3.63, 3.8) is 0 Å². The van der Waals surface area contributed by atoms with Gasteiger partial charge in [0.1, 0.15) is 11.4 Å². The summed E-state index contributed by atoms with van der Waals surface area (Å²) in [6, 6.07) is 7.12. The van der Waals surface area contributed by atoms with Crippen molar-refractivity contribution < 1.29 is 23.8 Å². The molecule has 7 nitrogen and oxygen atoms in total. The molecular weight excluding hydrogens is 372 g/mol. The molecule has 2 amide bonds. The van der Waals surface area contributed by atoms with E-state index < -0.39 is 5.60 Å². The van der Waals surface area contributed by atoms with Crippen molar-refractivity contribution in [2.24, 2.45) is 0 Å². The van der Waals surface area contributed by atoms with E-state index >= 15 is 0 Å². The average molecular weight is 405 g/mol. The Labute approximate surface area is 172 Å². The number of anilines is 1. The second-order valence-corrected chi connectivity index (χ2v) is 7.60. The van der Waals surface area contributed by atoms with Crippen LogP contribution in [0.5, 0.6) is 5.75 Å². The summed E-state index contributed by atoms with van der Waals surface area (Å²) >= 11 is 0. The molecule has 2 fully saturated rings. The third-order valence-corrected chi connectivity index (χ3v) is 5.58. The third kappa shape index (κ3) is 5.93. The molecule has 1 saturated carbocycles. The third-order valence-electron chi connectivity index (χ3n) is 5.58. The number of carbonyl (C=O) groups is 2. The van der Waals surface area contributed by atoms with Crippen LogP contribution in [0.15, 0.2) is 24.3 Å². The van der Waals surface area contributed by atoms with E-state index in [2.05, 4.69) is 5.32 Å². The molecule has 1 aromatic carbocycles. The Hall–Kier alpha value is -2.12. The molecule has 0 bridgehead atoms. The second kappa shape index (κ2) is 10.6. The molecule has 1 aromatic rings. The highest BCUT2D eigenvalue weighted by atomic mass is 16.5. The molecule has 29 heavy (non-hydrogen) atoms. The fourth-order valence-corrected chi connectivity index (χ4v) is 3.94. The van der Waals surface area contributed by atoms with Gasteiger partial charge in [-0.1, -0.05) is 25.7 Å². The summed E-state index contributed by atoms with van der Waals surface area (Å²) in [7, 11) is 0. The number of hydrogen-bond donors (Lipinski definition) is 1. The van der Waals surface area contributed by atoms with Crippen molar-refractivity contribution in [3.05, 3.63) is 24.3 Å². The van der Waals surface area contributed by atoms with E-state index in [0.717, 1.165) is 38.5 Å². The van der Waals surface area contributed by atoms with Crippen LogP contribution in [0, 0.1) is 0 Å². The average Bonchev–Trinajstić information content (AvgIpc) is 3.00. The predicted molar refractivity (Wildman–Crippen MR) is 110 cm³/mol. The van der Waals surface area contributed by atoms with Crippen LogP contribution in [0.2, 0.25) is 0 Å². The van der Waals surface area contributed by atoms with E-state index in [-0.39, 0.29) is 18.4 Å². The molecule has 1 N–H and O–H groups in total. The molecule has 1 aliphatic carbocycles. The topological polar surface area (TPSA) is 77.1 Å². The first-order valence-corrected chi connectivity index (χ1v) is 10.7. The van der Waals surface area contributed by atoms with Gasteiger partial charge in [0.05, 0.1) is 13.2 Å². The van der Waals surface area contributed by atoms with E-state index in [1.165, 1.54) is 0 Å². The smallest absolute Gasteiger partial charge is 0.260 e. The van der Waals surface area contributed by atoms with E-state index in [1.54, 1.807) is 29.2 Å². The lowest BCUT2D eigenvalue weighted by Crippen LogP contribution is -2.45. The zero-order chi connectivity index (χ0) is 20.5. The van der Waals surface area contributed by atoms with Crippen LogP contribution in [0.25, 0.3) is 0 Å². The molecule has 160 valence electrons. The molecule has 3 rings (SSSR count). The minimum Gasteiger partial charge on any atom is -0.484 e. The Bertz CT molecular complexity index is 662. The van der Waals surface area contributed by atoms with Crippen molar-refractivity contribution in [1.82, 2.24) is 4.90 Å². The molecule has 1 aliphatic heterocycles. The number of rotatable bonds is 7. The van der Waals surface area contributed by atoms with Crippen LogP contribution in [0.4, 0.5) is 5.69 Å². The van der Waals surface area contributed by atoms with Gasteiger partial charge in [-0.05, 0) is 44.0 Å². The highest BCUT2D eigenvalue weighted by Gasteiger charge is 2.39. The summed E-state index contributed by atoms with van der Waals surface area (Å²) in [6.45, 7) is 4.82. The fraction of sp³-hybridized carbons (Fsp3) is 0.636. The maximum absolute atomic E-state index is 13.0. The molecule has 0 spiro atoms. The van der Waals surface area contributed by atoms with Crippen molar-refractivity contribution in [3.8, 4) is 5.75 Å². The lowest BCUT2D eigenvalue weighted by atomic mass is 9.93. The first-order chi connectivity index (χ1) is 14.1. The number of ether oxygens (including phenoxy) is 3. The maximum atomic E-state index is 13.0. The molecule has 1 saturated heterocycles. The Balaban J connectivity index is 1.53. The number of morpholine rings is 1. The highest BCUT2D eigenvalue weighted by molar-refractivity contribution is 5.97. The Morgan fingerprint density at radius 3 is 2.34 bits per heavy atom. The lowest BCUT2D eigenvalue weighted by molar-refractivity contribution is -0.143. The van der Waals surface area contributed by atoms with Gasteiger partial charge in [-0.3, -0.25) is 9.59 Å². The van der Waals surface area contributed by atoms with Gasteiger partial charge in [-0.2, -0.15) is 0 Å². The molecule has 0 unspecified atom stereocenters. The largest absolute Gasteiger partial charge is 0.484 e. The van der Waals surface area contributed by atoms with Gasteiger partial charge < -0.3 is 24.4 Å². The monoisotopic (exact) mass is 404 g/mol. The number of hydrogen-bond acceptors (Lipinski definition) is 5. The molecule has 0 aromatic heterocycles. The standard InChI is InChI=1S/C22H32N2O5/c1-2-29-22(11-5-3-4-6-12-22)21(26)23-18-7-9-19(10-8-18)28-17-20(25)24-13-15-27-16-14-24/h7-10H,2-6,11-17H2,1H3,(H,23,26). The first kappa shape index (κ1) is 21.6. The van der Waals surface area contributed by atoms with Gasteiger partial charge in [-0.15, -0.1) is 0 Å². The van der Waals surface area contributed by atoms with Crippen LogP contribution >= 0.6 is 0 Å². The van der Waals surface area contributed by atoms with Crippen LogP contribution in [-0.2, 0) is 19.1 Å². The molecule has 2 aliphatic rings. The summed E-state index contributed by atoms with van der Waals surface area (Å²) in [5.74, 6) is 0.480. The normalized spacial score (nSPS) is 19.3. The number of benzene rings is 1. The first-order valence-electron chi connectivity index (χ1n) is 10.7. The molecule has 7 heteroatoms. The second-order valence-electron chi connectivity index (χ2n) is 7.60. The Morgan fingerprint density at radius 1 is 1.07 bits per heavy atom. The zero-order valence-electron chi connectivity index (χ0n) is 17.3. The molecular formula is C22H32N2O5. The van der Waals surface area contributed by atoms with Crippen LogP contribution < -0.4 is 10.1 Å². The summed E-state index contributed by atoms with van der Waals surface area (Å²) in [5.41, 5.74) is -0.0319. The van der Waals surface area contributed by atoms with E-state index in [4.69, 9.17) is 14.2 Å². The van der Waals surface area contributed by atoms with E-state index in [1.807, 2.05) is 6.92 Å². The molecule has 1 heterocycles. The fourth-order valence-electron chi connectivity index (χ4n) is 3.94. The van der Waals surface area contributed by atoms with Gasteiger partial charge in [0.15, 0.2) is 6.61 Å². The SMILES string of the molecule is CCOC1(C(=O)Nc2ccc(OCC(=O)N3CCOCC3)cc2)CCCCCC1. The lowest BCUT2D eigenvalue weighted by Gasteiger charge is -2.31. The van der Waals surface area contributed by atoms with E-state index in [9.17, 15) is 9.59 Å². The van der Waals surface area contributed by atoms with Gasteiger partial charge in [0.25, 0.3) is 11.8 Å². The van der Waals surface area contributed by atoms with Gasteiger partial charge in [-0.25, -0.2) is 0 Å². The van der Waals surface area contributed by atoms with Crippen LogP contribution in [0.1, 0.15) is 45.4 Å². The van der Waals surface area contributed by atoms with Crippen LogP contribution in [0.3, 0.4) is 0 Å². The molecule has 0 atom stereocenters. The number of nitrogens with one attached hydrogen (secondary N) is 1. The van der Waals surface area contributed by atoms with Crippen LogP contribution in [-0.4, -0.2) is 61.8 Å². The van der Waals surface area contributed by atoms with Crippen molar-refractivity contribution >= 4 is 17.5 Å². The summed E-state index contributed by atoms with van der Waals surface area (Å²) in [5, 5.41) is 3.00. The molecule has 0 radical (unpaired) electrons. The van der Waals surface area contributed by atoms with Crippen molar-refractivity contribution in [2.45, 2.75) is 51.0 Å². The number of carbonyl (C=O) groups excluding carboxylic acids is 2. The number of nitrogens with zero attached hydrogens (tertiary/aromatic N) is 1. The minimum atomic E-state index is -0.731. The van der Waals surface area contributed by atoms with E-state index in [0.29, 0.717) is 44.3 Å². The summed E-state index contributed by atoms with van der Waals surface area (Å²) < 4.78 is 16.8. The predicted octanol–water partition coefficient (Wildman–Crippen LogP) is 2.99. The number of amides is 2. The van der Waals surface area contributed by atoms with Gasteiger partial charge >= 0.3 is 0 Å².